The molecule has 0 radical (unpaired) electrons. The second-order valence-electron chi connectivity index (χ2n) is 6.93. The molecule has 1 atom stereocenters. The van der Waals surface area contributed by atoms with Crippen molar-refractivity contribution in [3.63, 3.8) is 0 Å². The van der Waals surface area contributed by atoms with Crippen LogP contribution < -0.4 is 10.1 Å². The van der Waals surface area contributed by atoms with Gasteiger partial charge >= 0.3 is 0 Å². The Morgan fingerprint density at radius 3 is 2.62 bits per heavy atom. The van der Waals surface area contributed by atoms with Crippen molar-refractivity contribution in [2.45, 2.75) is 18.9 Å². The second kappa shape index (κ2) is 8.22. The Balaban J connectivity index is 1.44. The van der Waals surface area contributed by atoms with Crippen LogP contribution in [-0.2, 0) is 4.79 Å². The summed E-state index contributed by atoms with van der Waals surface area (Å²) in [5.41, 5.74) is 2.75. The molecule has 0 aliphatic carbocycles. The summed E-state index contributed by atoms with van der Waals surface area (Å²) in [6, 6.07) is 18.2. The molecule has 2 heterocycles. The number of carbonyl (C=O) groups excluding carboxylic acids is 2. The summed E-state index contributed by atoms with van der Waals surface area (Å²) in [4.78, 5) is 26.9. The van der Waals surface area contributed by atoms with E-state index in [4.69, 9.17) is 9.15 Å². The Morgan fingerprint density at radius 2 is 1.90 bits per heavy atom. The fraction of sp³-hybridized carbons (Fsp3) is 0.217. The molecule has 0 spiro atoms. The Morgan fingerprint density at radius 1 is 1.07 bits per heavy atom. The number of methoxy groups -OCH3 is 1. The minimum atomic E-state index is -0.495. The van der Waals surface area contributed by atoms with E-state index < -0.39 is 6.04 Å². The van der Waals surface area contributed by atoms with Gasteiger partial charge in [0.2, 0.25) is 5.91 Å². The molecule has 1 unspecified atom stereocenters. The average molecular weight is 390 g/mol. The van der Waals surface area contributed by atoms with Crippen LogP contribution in [0.1, 0.15) is 23.4 Å². The quantitative estimate of drug-likeness (QED) is 0.709. The van der Waals surface area contributed by atoms with Gasteiger partial charge in [-0.3, -0.25) is 9.59 Å². The van der Waals surface area contributed by atoms with E-state index in [-0.39, 0.29) is 17.6 Å². The van der Waals surface area contributed by atoms with Crippen molar-refractivity contribution >= 4 is 17.5 Å². The molecule has 1 aromatic heterocycles. The van der Waals surface area contributed by atoms with Crippen LogP contribution in [0.2, 0.25) is 0 Å². The van der Waals surface area contributed by atoms with Crippen molar-refractivity contribution in [1.82, 2.24) is 4.90 Å². The minimum Gasteiger partial charge on any atom is -0.497 e. The predicted molar refractivity (Wildman–Crippen MR) is 110 cm³/mol. The molecule has 2 aromatic carbocycles. The number of rotatable bonds is 5. The third kappa shape index (κ3) is 4.01. The summed E-state index contributed by atoms with van der Waals surface area (Å²) in [5.74, 6) is 0.618. The van der Waals surface area contributed by atoms with E-state index in [2.05, 4.69) is 5.32 Å². The zero-order chi connectivity index (χ0) is 20.2. The van der Waals surface area contributed by atoms with E-state index in [9.17, 15) is 9.59 Å². The second-order valence-corrected chi connectivity index (χ2v) is 6.93. The van der Waals surface area contributed by atoms with Gasteiger partial charge in [-0.25, -0.2) is 0 Å². The molecule has 1 fully saturated rings. The topological polar surface area (TPSA) is 71.8 Å². The van der Waals surface area contributed by atoms with Gasteiger partial charge in [-0.1, -0.05) is 24.3 Å². The molecule has 0 saturated carbocycles. The number of nitrogens with zero attached hydrogens (tertiary/aromatic N) is 1. The van der Waals surface area contributed by atoms with E-state index in [0.29, 0.717) is 18.7 Å². The number of likely N-dealkylation sites (tertiary alicyclic amines) is 1. The maximum absolute atomic E-state index is 12.8. The molecular formula is C23H22N2O4. The Hall–Kier alpha value is -3.54. The first-order chi connectivity index (χ1) is 14.2. The first-order valence-corrected chi connectivity index (χ1v) is 9.55. The summed E-state index contributed by atoms with van der Waals surface area (Å²) in [6.07, 6.45) is 2.89. The smallest absolute Gasteiger partial charge is 0.290 e. The normalized spacial score (nSPS) is 15.9. The van der Waals surface area contributed by atoms with Gasteiger partial charge in [0.15, 0.2) is 5.76 Å². The van der Waals surface area contributed by atoms with Gasteiger partial charge in [-0.05, 0) is 60.4 Å². The van der Waals surface area contributed by atoms with E-state index in [1.165, 1.54) is 6.26 Å². The van der Waals surface area contributed by atoms with Crippen molar-refractivity contribution in [3.05, 3.63) is 72.7 Å². The largest absolute Gasteiger partial charge is 0.497 e. The number of ether oxygens (including phenoxy) is 1. The highest BCUT2D eigenvalue weighted by Gasteiger charge is 2.35. The fourth-order valence-electron chi connectivity index (χ4n) is 3.60. The summed E-state index contributed by atoms with van der Waals surface area (Å²) in [5, 5.41) is 2.93. The molecule has 6 heteroatoms. The van der Waals surface area contributed by atoms with Gasteiger partial charge in [0.05, 0.1) is 13.4 Å². The summed E-state index contributed by atoms with van der Waals surface area (Å²) < 4.78 is 10.5. The number of furan rings is 1. The zero-order valence-electron chi connectivity index (χ0n) is 16.1. The van der Waals surface area contributed by atoms with Gasteiger partial charge in [0.25, 0.3) is 5.91 Å². The molecular weight excluding hydrogens is 368 g/mol. The third-order valence-corrected chi connectivity index (χ3v) is 5.10. The molecule has 3 aromatic rings. The molecule has 4 rings (SSSR count). The first-order valence-electron chi connectivity index (χ1n) is 9.55. The number of amides is 2. The van der Waals surface area contributed by atoms with Crippen molar-refractivity contribution in [3.8, 4) is 16.9 Å². The number of anilines is 1. The highest BCUT2D eigenvalue weighted by atomic mass is 16.5. The predicted octanol–water partition coefficient (Wildman–Crippen LogP) is 4.20. The number of hydrogen-bond donors (Lipinski definition) is 1. The summed E-state index contributed by atoms with van der Waals surface area (Å²) in [7, 11) is 1.64. The number of nitrogens with one attached hydrogen (secondary N) is 1. The van der Waals surface area contributed by atoms with Crippen LogP contribution in [0.25, 0.3) is 11.1 Å². The fourth-order valence-corrected chi connectivity index (χ4v) is 3.60. The zero-order valence-corrected chi connectivity index (χ0v) is 16.1. The van der Waals surface area contributed by atoms with Crippen LogP contribution in [-0.4, -0.2) is 36.4 Å². The molecule has 1 saturated heterocycles. The van der Waals surface area contributed by atoms with Gasteiger partial charge < -0.3 is 19.4 Å². The van der Waals surface area contributed by atoms with E-state index >= 15 is 0 Å². The van der Waals surface area contributed by atoms with Crippen LogP contribution in [0, 0.1) is 0 Å². The van der Waals surface area contributed by atoms with Crippen molar-refractivity contribution < 1.29 is 18.7 Å². The highest BCUT2D eigenvalue weighted by Crippen LogP contribution is 2.26. The lowest BCUT2D eigenvalue weighted by atomic mass is 10.0. The van der Waals surface area contributed by atoms with Gasteiger partial charge in [-0.15, -0.1) is 0 Å². The SMILES string of the molecule is COc1cccc(-c2ccc(NC(=O)C3CCCN3C(=O)c3ccco3)cc2)c1. The van der Waals surface area contributed by atoms with Crippen LogP contribution in [0.4, 0.5) is 5.69 Å². The maximum Gasteiger partial charge on any atom is 0.290 e. The van der Waals surface area contributed by atoms with E-state index in [1.807, 2.05) is 48.5 Å². The molecule has 6 nitrogen and oxygen atoms in total. The minimum absolute atomic E-state index is 0.184. The molecule has 29 heavy (non-hydrogen) atoms. The lowest BCUT2D eigenvalue weighted by molar-refractivity contribution is -0.119. The van der Waals surface area contributed by atoms with Crippen molar-refractivity contribution in [2.24, 2.45) is 0 Å². The van der Waals surface area contributed by atoms with E-state index in [1.54, 1.807) is 24.1 Å². The van der Waals surface area contributed by atoms with Crippen molar-refractivity contribution in [2.75, 3.05) is 19.0 Å². The molecule has 148 valence electrons. The maximum atomic E-state index is 12.8. The van der Waals surface area contributed by atoms with Crippen LogP contribution >= 0.6 is 0 Å². The van der Waals surface area contributed by atoms with Crippen molar-refractivity contribution in [1.29, 1.82) is 0 Å². The molecule has 2 amide bonds. The summed E-state index contributed by atoms with van der Waals surface area (Å²) >= 11 is 0. The van der Waals surface area contributed by atoms with Crippen LogP contribution in [0.15, 0.2) is 71.3 Å². The molecule has 1 aliphatic rings. The summed E-state index contributed by atoms with van der Waals surface area (Å²) in [6.45, 7) is 0.548. The molecule has 1 aliphatic heterocycles. The standard InChI is InChI=1S/C23H22N2O4/c1-28-19-6-2-5-17(15-19)16-9-11-18(12-10-16)24-22(26)20-7-3-13-25(20)23(27)21-8-4-14-29-21/h2,4-6,8-12,14-15,20H,3,7,13H2,1H3,(H,24,26). The molecule has 1 N–H and O–H groups in total. The monoisotopic (exact) mass is 390 g/mol. The number of hydrogen-bond acceptors (Lipinski definition) is 4. The average Bonchev–Trinajstić information content (AvgIpc) is 3.46. The number of carbonyl (C=O) groups is 2. The molecule has 0 bridgehead atoms. The Kier molecular flexibility index (Phi) is 5.33. The van der Waals surface area contributed by atoms with Gasteiger partial charge in [-0.2, -0.15) is 0 Å². The van der Waals surface area contributed by atoms with E-state index in [0.717, 1.165) is 23.3 Å². The Bertz CT molecular complexity index is 996. The lowest BCUT2D eigenvalue weighted by Gasteiger charge is -2.23. The van der Waals surface area contributed by atoms with Crippen LogP contribution in [0.5, 0.6) is 5.75 Å². The Labute approximate surface area is 169 Å². The number of benzene rings is 2. The van der Waals surface area contributed by atoms with Gasteiger partial charge in [0, 0.05) is 12.2 Å². The van der Waals surface area contributed by atoms with Gasteiger partial charge in [0.1, 0.15) is 11.8 Å². The van der Waals surface area contributed by atoms with Crippen LogP contribution in [0.3, 0.4) is 0 Å². The highest BCUT2D eigenvalue weighted by molar-refractivity contribution is 6.00. The lowest BCUT2D eigenvalue weighted by Crippen LogP contribution is -2.43. The first kappa shape index (κ1) is 18.8. The third-order valence-electron chi connectivity index (χ3n) is 5.10.